The van der Waals surface area contributed by atoms with Crippen molar-refractivity contribution >= 4 is 0 Å². The highest BCUT2D eigenvalue weighted by atomic mass is 16.5. The highest BCUT2D eigenvalue weighted by Crippen LogP contribution is 2.38. The highest BCUT2D eigenvalue weighted by molar-refractivity contribution is 5.40. The Labute approximate surface area is 116 Å². The van der Waals surface area contributed by atoms with Crippen LogP contribution in [0.4, 0.5) is 0 Å². The van der Waals surface area contributed by atoms with Crippen LogP contribution >= 0.6 is 0 Å². The number of hydrogen-bond acceptors (Lipinski definition) is 3. The lowest BCUT2D eigenvalue weighted by Gasteiger charge is -2.24. The molecule has 2 N–H and O–H groups in total. The quantitative estimate of drug-likeness (QED) is 0.906. The van der Waals surface area contributed by atoms with Crippen molar-refractivity contribution in [1.82, 2.24) is 4.90 Å². The Kier molecular flexibility index (Phi) is 4.48. The van der Waals surface area contributed by atoms with Gasteiger partial charge in [0, 0.05) is 18.2 Å². The lowest BCUT2D eigenvalue weighted by molar-refractivity contribution is 0.230. The predicted octanol–water partition coefficient (Wildman–Crippen LogP) is 2.73. The van der Waals surface area contributed by atoms with Crippen LogP contribution in [-0.2, 0) is 0 Å². The summed E-state index contributed by atoms with van der Waals surface area (Å²) < 4.78 is 5.97. The van der Waals surface area contributed by atoms with E-state index >= 15 is 0 Å². The lowest BCUT2D eigenvalue weighted by atomic mass is 9.97. The summed E-state index contributed by atoms with van der Waals surface area (Å²) in [5.41, 5.74) is 8.43. The van der Waals surface area contributed by atoms with E-state index in [-0.39, 0.29) is 6.10 Å². The first kappa shape index (κ1) is 14.4. The van der Waals surface area contributed by atoms with Gasteiger partial charge >= 0.3 is 0 Å². The van der Waals surface area contributed by atoms with Gasteiger partial charge in [-0.25, -0.2) is 0 Å². The average molecular weight is 262 g/mol. The van der Waals surface area contributed by atoms with Crippen LogP contribution < -0.4 is 10.5 Å². The van der Waals surface area contributed by atoms with Gasteiger partial charge in [0.1, 0.15) is 5.75 Å². The van der Waals surface area contributed by atoms with E-state index in [1.165, 1.54) is 11.1 Å². The molecule has 0 saturated carbocycles. The van der Waals surface area contributed by atoms with Crippen molar-refractivity contribution in [2.45, 2.75) is 39.3 Å². The van der Waals surface area contributed by atoms with Crippen LogP contribution in [0, 0.1) is 12.8 Å². The number of likely N-dealkylation sites (tertiary alicyclic amines) is 1. The molecule has 19 heavy (non-hydrogen) atoms. The fraction of sp³-hybridized carbons (Fsp3) is 0.625. The van der Waals surface area contributed by atoms with Crippen molar-refractivity contribution in [2.75, 3.05) is 20.1 Å². The zero-order valence-electron chi connectivity index (χ0n) is 12.5. The molecule has 3 heteroatoms. The standard InChI is InChI=1S/C16H26N2O/c1-11(2)19-16-6-5-12(3)7-14(16)15-8-13(9-17)10-18(15)4/h5-7,11,13,15H,8-10,17H2,1-4H3. The van der Waals surface area contributed by atoms with Crippen LogP contribution in [0.1, 0.15) is 37.4 Å². The van der Waals surface area contributed by atoms with E-state index < -0.39 is 0 Å². The van der Waals surface area contributed by atoms with Gasteiger partial charge < -0.3 is 10.5 Å². The van der Waals surface area contributed by atoms with Gasteiger partial charge in [0.2, 0.25) is 0 Å². The molecule has 106 valence electrons. The second-order valence-electron chi connectivity index (χ2n) is 6.00. The Hall–Kier alpha value is -1.06. The molecule has 0 aromatic heterocycles. The van der Waals surface area contributed by atoms with Gasteiger partial charge in [0.25, 0.3) is 0 Å². The van der Waals surface area contributed by atoms with Crippen molar-refractivity contribution < 1.29 is 4.74 Å². The number of aryl methyl sites for hydroxylation is 1. The third kappa shape index (κ3) is 3.28. The maximum absolute atomic E-state index is 5.97. The van der Waals surface area contributed by atoms with Crippen molar-refractivity contribution in [3.63, 3.8) is 0 Å². The van der Waals surface area contributed by atoms with Crippen LogP contribution in [0.5, 0.6) is 5.75 Å². The van der Waals surface area contributed by atoms with Gasteiger partial charge in [0.15, 0.2) is 0 Å². The molecule has 1 heterocycles. The molecular formula is C16H26N2O. The smallest absolute Gasteiger partial charge is 0.124 e. The minimum absolute atomic E-state index is 0.207. The molecule has 0 amide bonds. The van der Waals surface area contributed by atoms with Gasteiger partial charge in [-0.2, -0.15) is 0 Å². The summed E-state index contributed by atoms with van der Waals surface area (Å²) >= 11 is 0. The molecular weight excluding hydrogens is 236 g/mol. The Balaban J connectivity index is 2.29. The molecule has 1 aromatic rings. The van der Waals surface area contributed by atoms with E-state index in [1.54, 1.807) is 0 Å². The lowest BCUT2D eigenvalue weighted by Crippen LogP contribution is -2.21. The molecule has 2 rings (SSSR count). The Morgan fingerprint density at radius 3 is 2.74 bits per heavy atom. The van der Waals surface area contributed by atoms with Gasteiger partial charge in [-0.05, 0) is 52.8 Å². The topological polar surface area (TPSA) is 38.5 Å². The summed E-state index contributed by atoms with van der Waals surface area (Å²) in [6.45, 7) is 8.14. The third-order valence-electron chi connectivity index (χ3n) is 3.86. The minimum Gasteiger partial charge on any atom is -0.491 e. The molecule has 0 spiro atoms. The van der Waals surface area contributed by atoms with Crippen LogP contribution in [0.15, 0.2) is 18.2 Å². The highest BCUT2D eigenvalue weighted by Gasteiger charge is 2.31. The summed E-state index contributed by atoms with van der Waals surface area (Å²) in [7, 11) is 2.18. The number of nitrogens with two attached hydrogens (primary N) is 1. The molecule has 0 bridgehead atoms. The maximum Gasteiger partial charge on any atom is 0.124 e. The van der Waals surface area contributed by atoms with Crippen LogP contribution in [-0.4, -0.2) is 31.1 Å². The molecule has 0 aliphatic carbocycles. The Bertz CT molecular complexity index is 431. The zero-order valence-corrected chi connectivity index (χ0v) is 12.5. The summed E-state index contributed by atoms with van der Waals surface area (Å²) in [5, 5.41) is 0. The largest absolute Gasteiger partial charge is 0.491 e. The first-order valence-corrected chi connectivity index (χ1v) is 7.18. The first-order valence-electron chi connectivity index (χ1n) is 7.18. The molecule has 1 saturated heterocycles. The fourth-order valence-electron chi connectivity index (χ4n) is 2.93. The SMILES string of the molecule is Cc1ccc(OC(C)C)c(C2CC(CN)CN2C)c1. The van der Waals surface area contributed by atoms with Gasteiger partial charge in [-0.15, -0.1) is 0 Å². The third-order valence-corrected chi connectivity index (χ3v) is 3.86. The molecule has 1 aliphatic heterocycles. The molecule has 0 radical (unpaired) electrons. The van der Waals surface area contributed by atoms with E-state index in [0.717, 1.165) is 25.3 Å². The number of rotatable bonds is 4. The number of nitrogens with zero attached hydrogens (tertiary/aromatic N) is 1. The predicted molar refractivity (Wildman–Crippen MR) is 79.5 cm³/mol. The number of hydrogen-bond donors (Lipinski definition) is 1. The second kappa shape index (κ2) is 5.93. The average Bonchev–Trinajstić information content (AvgIpc) is 2.72. The monoisotopic (exact) mass is 262 g/mol. The van der Waals surface area contributed by atoms with Crippen LogP contribution in [0.2, 0.25) is 0 Å². The van der Waals surface area contributed by atoms with Gasteiger partial charge in [0.05, 0.1) is 6.10 Å². The Morgan fingerprint density at radius 2 is 2.16 bits per heavy atom. The second-order valence-corrected chi connectivity index (χ2v) is 6.00. The summed E-state index contributed by atoms with van der Waals surface area (Å²) in [4.78, 5) is 2.40. The van der Waals surface area contributed by atoms with Crippen LogP contribution in [0.25, 0.3) is 0 Å². The van der Waals surface area contributed by atoms with Crippen molar-refractivity contribution in [2.24, 2.45) is 11.7 Å². The van der Waals surface area contributed by atoms with Gasteiger partial charge in [-0.1, -0.05) is 17.7 Å². The zero-order chi connectivity index (χ0) is 14.0. The van der Waals surface area contributed by atoms with Crippen molar-refractivity contribution in [3.8, 4) is 5.75 Å². The van der Waals surface area contributed by atoms with E-state index in [4.69, 9.17) is 10.5 Å². The van der Waals surface area contributed by atoms with Crippen LogP contribution in [0.3, 0.4) is 0 Å². The maximum atomic E-state index is 5.97. The Morgan fingerprint density at radius 1 is 1.42 bits per heavy atom. The van der Waals surface area contributed by atoms with Crippen molar-refractivity contribution in [3.05, 3.63) is 29.3 Å². The van der Waals surface area contributed by atoms with Gasteiger partial charge in [-0.3, -0.25) is 4.90 Å². The van der Waals surface area contributed by atoms with E-state index in [0.29, 0.717) is 12.0 Å². The number of benzene rings is 1. The normalized spacial score (nSPS) is 24.1. The summed E-state index contributed by atoms with van der Waals surface area (Å²) in [5.74, 6) is 1.62. The molecule has 2 atom stereocenters. The fourth-order valence-corrected chi connectivity index (χ4v) is 2.93. The molecule has 3 nitrogen and oxygen atoms in total. The van der Waals surface area contributed by atoms with Crippen molar-refractivity contribution in [1.29, 1.82) is 0 Å². The van der Waals surface area contributed by atoms with E-state index in [1.807, 2.05) is 0 Å². The summed E-state index contributed by atoms with van der Waals surface area (Å²) in [6.07, 6.45) is 1.34. The molecule has 1 fully saturated rings. The number of ether oxygens (including phenoxy) is 1. The minimum atomic E-state index is 0.207. The summed E-state index contributed by atoms with van der Waals surface area (Å²) in [6, 6.07) is 6.92. The molecule has 1 aliphatic rings. The molecule has 1 aromatic carbocycles. The van der Waals surface area contributed by atoms with E-state index in [9.17, 15) is 0 Å². The first-order chi connectivity index (χ1) is 9.01. The van der Waals surface area contributed by atoms with E-state index in [2.05, 4.69) is 50.9 Å². The molecule has 2 unspecified atom stereocenters.